The van der Waals surface area contributed by atoms with E-state index in [9.17, 15) is 0 Å². The second-order valence-electron chi connectivity index (χ2n) is 5.76. The standard InChI is InChI=1S/6C2H8N2.4C2H2O4.2Co.4Mo.O2.6H2O.10O/c6*3-1-2-4;4*3-1(4)2(5)6;;;;;;;1-2;;;;;;;;;;;;;;;;/h6*1-4H2;4*(H,3,4)(H,5,6);;;;;;;;6*1H2;;;;;;;;;;/q;;;;;;;;;;2*+3;;;;;;;;;;;;10*-2/p-8. The number of carbonyl (C=O) groups excluding carboxylic acids is 8. The molecule has 0 aromatic rings. The molecule has 0 fully saturated rings. The molecular formula is C20H60Co2Mo4N12O34-22. The van der Waals surface area contributed by atoms with Crippen molar-refractivity contribution >= 4 is 47.8 Å². The van der Waals surface area contributed by atoms with Crippen LogP contribution in [-0.2, 0) is 211 Å². The fourth-order valence-electron chi connectivity index (χ4n) is 0. The van der Waals surface area contributed by atoms with Crippen molar-refractivity contribution in [3.05, 3.63) is 9.93 Å². The zero-order valence-corrected chi connectivity index (χ0v) is 46.3. The molecule has 0 aliphatic heterocycles. The van der Waals surface area contributed by atoms with Crippen LogP contribution in [0.2, 0.25) is 0 Å². The number of hydrogen-bond donors (Lipinski definition) is 12. The third kappa shape index (κ3) is 763. The molecule has 0 radical (unpaired) electrons. The Labute approximate surface area is 486 Å². The number of hydrogen-bond acceptors (Lipinski definition) is 30. The molecule has 52 heteroatoms. The van der Waals surface area contributed by atoms with Crippen LogP contribution in [0.15, 0.2) is 0 Å². The largest absolute Gasteiger partial charge is 3.00 e. The molecule has 0 aliphatic carbocycles. The van der Waals surface area contributed by atoms with Crippen LogP contribution in [0.1, 0.15) is 0 Å². The van der Waals surface area contributed by atoms with E-state index in [2.05, 4.69) is 0 Å². The second-order valence-corrected chi connectivity index (χ2v) is 5.76. The number of carbonyl (C=O) groups is 8. The van der Waals surface area contributed by atoms with E-state index in [-0.39, 0.29) is 205 Å². The van der Waals surface area contributed by atoms with Crippen molar-refractivity contribution < 1.29 is 285 Å². The second kappa shape index (κ2) is 276. The Morgan fingerprint density at radius 3 is 0.236 bits per heavy atom. The molecule has 0 atom stereocenters. The average Bonchev–Trinajstić information content (AvgIpc) is 3.10. The number of carboxylic acid groups (broad SMARTS) is 8. The van der Waals surface area contributed by atoms with Gasteiger partial charge >= 0.3 is 33.6 Å². The first-order valence-corrected chi connectivity index (χ1v) is 12.3. The normalized spacial score (nSPS) is 5.00. The fourth-order valence-corrected chi connectivity index (χ4v) is 0. The van der Waals surface area contributed by atoms with Crippen LogP contribution in [0.5, 0.6) is 0 Å². The summed E-state index contributed by atoms with van der Waals surface area (Å²) in [5.74, 6) is -17.5. The summed E-state index contributed by atoms with van der Waals surface area (Å²) >= 11 is 0. The van der Waals surface area contributed by atoms with E-state index in [1.165, 1.54) is 0 Å². The third-order valence-electron chi connectivity index (χ3n) is 1.67. The molecule has 0 aliphatic rings. The van der Waals surface area contributed by atoms with Crippen molar-refractivity contribution in [1.29, 1.82) is 0 Å². The summed E-state index contributed by atoms with van der Waals surface area (Å²) in [6.45, 7) is 7.17. The maximum Gasteiger partial charge on any atom is 3.00 e. The van der Waals surface area contributed by atoms with Gasteiger partial charge in [0.1, 0.15) is 0 Å². The first-order chi connectivity index (χ1) is 23.1. The van der Waals surface area contributed by atoms with Gasteiger partial charge in [-0.3, -0.25) is 0 Å². The summed E-state index contributed by atoms with van der Waals surface area (Å²) in [5, 5.41) is 71.4. The molecule has 0 heterocycles. The monoisotopic (exact) mass is 1520 g/mol. The van der Waals surface area contributed by atoms with Crippen molar-refractivity contribution in [3.63, 3.8) is 0 Å². The summed E-state index contributed by atoms with van der Waals surface area (Å²) in [6, 6.07) is 0. The average molecular weight is 1510 g/mol. The quantitative estimate of drug-likeness (QED) is 0.0868. The molecular weight excluding hydrogens is 1450 g/mol. The van der Waals surface area contributed by atoms with E-state index < -0.39 is 47.8 Å². The summed E-state index contributed by atoms with van der Waals surface area (Å²) in [5.41, 5.74) is 58.8. The van der Waals surface area contributed by atoms with Crippen LogP contribution in [0.4, 0.5) is 0 Å². The van der Waals surface area contributed by atoms with E-state index in [1.807, 2.05) is 0 Å². The Balaban J connectivity index is -0.00000000732. The van der Waals surface area contributed by atoms with Crippen LogP contribution in [-0.4, -0.2) is 159 Å². The van der Waals surface area contributed by atoms with Gasteiger partial charge in [0.2, 0.25) is 0 Å². The van der Waals surface area contributed by atoms with Gasteiger partial charge < -0.3 is 236 Å². The van der Waals surface area contributed by atoms with E-state index in [1.54, 1.807) is 0 Å². The van der Waals surface area contributed by atoms with Gasteiger partial charge in [-0.15, -0.1) is 0 Å². The Hall–Kier alpha value is -1.99. The van der Waals surface area contributed by atoms with Gasteiger partial charge in [-0.05, 0) is 0 Å². The van der Waals surface area contributed by atoms with Crippen molar-refractivity contribution in [2.24, 2.45) is 68.8 Å². The molecule has 468 valence electrons. The van der Waals surface area contributed by atoms with Crippen LogP contribution in [0.25, 0.3) is 0 Å². The number of rotatable bonds is 6. The molecule has 0 saturated heterocycles. The van der Waals surface area contributed by atoms with Gasteiger partial charge in [0, 0.05) is 173 Å². The molecule has 0 aromatic heterocycles. The van der Waals surface area contributed by atoms with E-state index in [4.69, 9.17) is 158 Å². The summed E-state index contributed by atoms with van der Waals surface area (Å²) in [6.07, 6.45) is 0. The third-order valence-corrected chi connectivity index (χ3v) is 1.67. The first-order valence-electron chi connectivity index (χ1n) is 12.3. The number of carboxylic acids is 8. The SMILES string of the molecule is NCCN.NCCN.NCCN.NCCN.NCCN.NCCN.O.O.O.O.O.O.O=C([O-])C(=O)[O-].O=C([O-])C(=O)[O-].O=C([O-])C(=O)[O-].O=C([O-])C(=O)[O-].O=O.[Co+3].[Co+3].[Mo].[Mo].[Mo].[Mo].[O-2].[O-2].[O-2].[O-2].[O-2].[O-2].[O-2].[O-2].[O-2].[O-2]. The van der Waals surface area contributed by atoms with Crippen LogP contribution < -0.4 is 110 Å². The zero-order valence-electron chi connectivity index (χ0n) is 36.1. The molecule has 72 heavy (non-hydrogen) atoms. The molecule has 0 spiro atoms. The Kier molecular flexibility index (Phi) is 933. The minimum atomic E-state index is -2.19. The molecule has 0 aromatic carbocycles. The molecule has 0 amide bonds. The molecule has 0 rings (SSSR count). The topological polar surface area (TPSA) is 1140 Å². The van der Waals surface area contributed by atoms with Crippen molar-refractivity contribution in [2.75, 3.05) is 78.5 Å². The summed E-state index contributed by atoms with van der Waals surface area (Å²) in [7, 11) is 0. The molecule has 36 N–H and O–H groups in total. The molecule has 0 unspecified atom stereocenters. The van der Waals surface area contributed by atoms with E-state index in [0.717, 1.165) is 0 Å². The van der Waals surface area contributed by atoms with Gasteiger partial charge in [-0.25, -0.2) is 0 Å². The van der Waals surface area contributed by atoms with Gasteiger partial charge in [-0.1, -0.05) is 0 Å². The van der Waals surface area contributed by atoms with Crippen molar-refractivity contribution in [2.45, 2.75) is 0 Å². The predicted octanol–water partition coefficient (Wildman–Crippen LogP) is -26.7. The molecule has 0 bridgehead atoms. The van der Waals surface area contributed by atoms with Crippen LogP contribution in [0, 0.1) is 9.93 Å². The minimum Gasteiger partial charge on any atom is -2.00 e. The summed E-state index contributed by atoms with van der Waals surface area (Å²) < 4.78 is 0. The number of aliphatic carboxylic acids is 8. The van der Waals surface area contributed by atoms with Crippen molar-refractivity contribution in [1.82, 2.24) is 0 Å². The van der Waals surface area contributed by atoms with Gasteiger partial charge in [-0.2, -0.15) is 0 Å². The fraction of sp³-hybridized carbons (Fsp3) is 0.600. The first kappa shape index (κ1) is 243. The van der Waals surface area contributed by atoms with Crippen molar-refractivity contribution in [3.8, 4) is 0 Å². The van der Waals surface area contributed by atoms with Crippen LogP contribution >= 0.6 is 0 Å². The maximum absolute atomic E-state index is 8.93. The summed E-state index contributed by atoms with van der Waals surface area (Å²) in [4.78, 5) is 85.4. The van der Waals surface area contributed by atoms with E-state index >= 15 is 0 Å². The number of nitrogens with two attached hydrogens (primary N) is 12. The predicted molar refractivity (Wildman–Crippen MR) is 184 cm³/mol. The van der Waals surface area contributed by atoms with Gasteiger partial charge in [0.05, 0.1) is 47.8 Å². The Bertz CT molecular complexity index is 636. The molecule has 46 nitrogen and oxygen atoms in total. The Morgan fingerprint density at radius 2 is 0.236 bits per heavy atom. The zero-order chi connectivity index (χ0) is 43.1. The maximum atomic E-state index is 8.93. The smallest absolute Gasteiger partial charge is 2.00 e. The van der Waals surface area contributed by atoms with Gasteiger partial charge in [0.15, 0.2) is 0 Å². The van der Waals surface area contributed by atoms with E-state index in [0.29, 0.717) is 78.5 Å². The van der Waals surface area contributed by atoms with Gasteiger partial charge in [0.25, 0.3) is 0 Å². The Morgan fingerprint density at radius 1 is 0.208 bits per heavy atom. The minimum absolute atomic E-state index is 0. The molecule has 0 saturated carbocycles. The van der Waals surface area contributed by atoms with Crippen LogP contribution in [0.3, 0.4) is 0 Å².